The molecule has 3 aromatic carbocycles. The van der Waals surface area contributed by atoms with Crippen molar-refractivity contribution in [1.29, 1.82) is 0 Å². The minimum atomic E-state index is -1.73. The first-order valence-electron chi connectivity index (χ1n) is 9.04. The van der Waals surface area contributed by atoms with Crippen LogP contribution in [-0.2, 0) is 13.3 Å². The van der Waals surface area contributed by atoms with Gasteiger partial charge in [0, 0.05) is 30.6 Å². The van der Waals surface area contributed by atoms with E-state index in [4.69, 9.17) is 18.0 Å². The lowest BCUT2D eigenvalue weighted by molar-refractivity contribution is 0.107. The second kappa shape index (κ2) is 10.9. The molecule has 140 valence electrons. The van der Waals surface area contributed by atoms with Crippen molar-refractivity contribution in [2.45, 2.75) is 20.8 Å². The summed E-state index contributed by atoms with van der Waals surface area (Å²) in [6.07, 6.45) is 0. The van der Waals surface area contributed by atoms with E-state index in [0.717, 1.165) is 5.75 Å². The first-order chi connectivity index (χ1) is 12.7. The number of fused-ring (bicyclic) bond motifs is 2. The van der Waals surface area contributed by atoms with E-state index in [9.17, 15) is 0 Å². The maximum Gasteiger partial charge on any atom is 0.484 e. The summed E-state index contributed by atoms with van der Waals surface area (Å²) < 4.78 is 21.2. The Morgan fingerprint density at radius 1 is 0.692 bits per heavy atom. The summed E-state index contributed by atoms with van der Waals surface area (Å²) in [5.74, 6) is 0.966. The van der Waals surface area contributed by atoms with Crippen LogP contribution in [0.15, 0.2) is 54.6 Å². The molecule has 4 nitrogen and oxygen atoms in total. The van der Waals surface area contributed by atoms with E-state index in [0.29, 0.717) is 19.8 Å². The smallest absolute Gasteiger partial charge is 0.484 e. The van der Waals surface area contributed by atoms with E-state index in [1.54, 1.807) is 7.11 Å². The predicted octanol–water partition coefficient (Wildman–Crippen LogP) is 4.81. The standard InChI is InChI=1S/C15H12O.C6H16O3Si/c1-16-15-13-8-4-2-6-11(13)10-12-7-3-5-9-14(12)15;1-4-7-10(8-5-2)9-6-3/h2-10H,1H3;10H,4-6H2,1-3H3. The van der Waals surface area contributed by atoms with Gasteiger partial charge in [0.25, 0.3) is 0 Å². The lowest BCUT2D eigenvalue weighted by Crippen LogP contribution is -2.27. The summed E-state index contributed by atoms with van der Waals surface area (Å²) in [5, 5.41) is 4.78. The molecule has 0 fully saturated rings. The molecule has 0 atom stereocenters. The average Bonchev–Trinajstić information content (AvgIpc) is 2.67. The normalized spacial score (nSPS) is 10.8. The van der Waals surface area contributed by atoms with Crippen molar-refractivity contribution in [3.63, 3.8) is 0 Å². The van der Waals surface area contributed by atoms with Gasteiger partial charge >= 0.3 is 9.53 Å². The molecule has 0 radical (unpaired) electrons. The number of ether oxygens (including phenoxy) is 1. The molecule has 3 rings (SSSR count). The van der Waals surface area contributed by atoms with E-state index >= 15 is 0 Å². The second-order valence-electron chi connectivity index (χ2n) is 5.51. The van der Waals surface area contributed by atoms with Gasteiger partial charge in [-0.3, -0.25) is 0 Å². The highest BCUT2D eigenvalue weighted by atomic mass is 28.3. The molecule has 0 bridgehead atoms. The molecule has 0 N–H and O–H groups in total. The topological polar surface area (TPSA) is 36.9 Å². The predicted molar refractivity (Wildman–Crippen MR) is 110 cm³/mol. The second-order valence-corrected chi connectivity index (χ2v) is 7.08. The zero-order valence-electron chi connectivity index (χ0n) is 16.0. The third kappa shape index (κ3) is 5.29. The molecule has 0 spiro atoms. The third-order valence-corrected chi connectivity index (χ3v) is 5.65. The Labute approximate surface area is 157 Å². The van der Waals surface area contributed by atoms with Crippen LogP contribution in [0.5, 0.6) is 5.75 Å². The number of hydrogen-bond acceptors (Lipinski definition) is 4. The zero-order chi connectivity index (χ0) is 18.8. The van der Waals surface area contributed by atoms with Crippen LogP contribution < -0.4 is 4.74 Å². The SMILES string of the molecule is CCO[SiH](OCC)OCC.COc1c2ccccc2cc2ccccc12. The lowest BCUT2D eigenvalue weighted by atomic mass is 10.0. The van der Waals surface area contributed by atoms with Gasteiger partial charge in [0.05, 0.1) is 7.11 Å². The summed E-state index contributed by atoms with van der Waals surface area (Å²) in [5.41, 5.74) is 0. The molecule has 0 amide bonds. The summed E-state index contributed by atoms with van der Waals surface area (Å²) in [7, 11) is -0.00343. The average molecular weight is 373 g/mol. The minimum absolute atomic E-state index is 0.677. The van der Waals surface area contributed by atoms with E-state index in [1.165, 1.54) is 21.5 Å². The molecule has 0 aliphatic rings. The molecule has 0 aliphatic heterocycles. The first-order valence-corrected chi connectivity index (χ1v) is 10.5. The van der Waals surface area contributed by atoms with Gasteiger partial charge in [-0.1, -0.05) is 48.5 Å². The molecule has 26 heavy (non-hydrogen) atoms. The molecule has 0 unspecified atom stereocenters. The van der Waals surface area contributed by atoms with E-state index in [2.05, 4.69) is 42.5 Å². The molecule has 0 heterocycles. The summed E-state index contributed by atoms with van der Waals surface area (Å²) >= 11 is 0. The van der Waals surface area contributed by atoms with Gasteiger partial charge in [-0.15, -0.1) is 0 Å². The zero-order valence-corrected chi connectivity index (χ0v) is 17.2. The van der Waals surface area contributed by atoms with Crippen molar-refractivity contribution in [2.24, 2.45) is 0 Å². The maximum absolute atomic E-state index is 5.54. The van der Waals surface area contributed by atoms with E-state index in [-0.39, 0.29) is 0 Å². The quantitative estimate of drug-likeness (QED) is 0.440. The lowest BCUT2D eigenvalue weighted by Gasteiger charge is -2.12. The fourth-order valence-corrected chi connectivity index (χ4v) is 3.85. The Balaban J connectivity index is 0.000000213. The Morgan fingerprint density at radius 2 is 1.12 bits per heavy atom. The van der Waals surface area contributed by atoms with Crippen molar-refractivity contribution >= 4 is 31.1 Å². The van der Waals surface area contributed by atoms with Gasteiger partial charge in [-0.05, 0) is 37.6 Å². The third-order valence-electron chi connectivity index (χ3n) is 3.83. The highest BCUT2D eigenvalue weighted by molar-refractivity contribution is 6.36. The molecule has 0 saturated heterocycles. The fraction of sp³-hybridized carbons (Fsp3) is 0.333. The number of hydrogen-bond donors (Lipinski definition) is 0. The molecule has 0 aliphatic carbocycles. The van der Waals surface area contributed by atoms with Crippen LogP contribution in [-0.4, -0.2) is 36.5 Å². The highest BCUT2D eigenvalue weighted by Gasteiger charge is 2.11. The molecular weight excluding hydrogens is 344 g/mol. The van der Waals surface area contributed by atoms with Gasteiger partial charge in [0.1, 0.15) is 5.75 Å². The van der Waals surface area contributed by atoms with Crippen LogP contribution in [0.4, 0.5) is 0 Å². The van der Waals surface area contributed by atoms with Crippen LogP contribution in [0.2, 0.25) is 0 Å². The van der Waals surface area contributed by atoms with E-state index in [1.807, 2.05) is 32.9 Å². The highest BCUT2D eigenvalue weighted by Crippen LogP contribution is 2.34. The van der Waals surface area contributed by atoms with Crippen LogP contribution >= 0.6 is 0 Å². The van der Waals surface area contributed by atoms with Gasteiger partial charge in [0.15, 0.2) is 0 Å². The number of methoxy groups -OCH3 is 1. The molecule has 5 heteroatoms. The van der Waals surface area contributed by atoms with Crippen molar-refractivity contribution in [1.82, 2.24) is 0 Å². The van der Waals surface area contributed by atoms with E-state index < -0.39 is 9.53 Å². The van der Waals surface area contributed by atoms with Crippen LogP contribution in [0.3, 0.4) is 0 Å². The number of benzene rings is 3. The molecule has 3 aromatic rings. The summed E-state index contributed by atoms with van der Waals surface area (Å²) in [6.45, 7) is 7.86. The van der Waals surface area contributed by atoms with Gasteiger partial charge in [-0.2, -0.15) is 0 Å². The monoisotopic (exact) mass is 372 g/mol. The van der Waals surface area contributed by atoms with Crippen LogP contribution in [0, 0.1) is 0 Å². The van der Waals surface area contributed by atoms with Crippen LogP contribution in [0.1, 0.15) is 20.8 Å². The molecule has 0 saturated carbocycles. The summed E-state index contributed by atoms with van der Waals surface area (Å²) in [6, 6.07) is 18.8. The van der Waals surface area contributed by atoms with Crippen molar-refractivity contribution in [3.8, 4) is 5.75 Å². The first kappa shape index (κ1) is 20.4. The van der Waals surface area contributed by atoms with Crippen molar-refractivity contribution in [2.75, 3.05) is 26.9 Å². The minimum Gasteiger partial charge on any atom is -0.495 e. The molecule has 0 aromatic heterocycles. The number of rotatable bonds is 7. The van der Waals surface area contributed by atoms with Gasteiger partial charge in [-0.25, -0.2) is 0 Å². The Morgan fingerprint density at radius 3 is 1.50 bits per heavy atom. The Kier molecular flexibility index (Phi) is 8.57. The largest absolute Gasteiger partial charge is 0.495 e. The van der Waals surface area contributed by atoms with Crippen molar-refractivity contribution in [3.05, 3.63) is 54.6 Å². The Hall–Kier alpha value is -1.92. The van der Waals surface area contributed by atoms with Gasteiger partial charge in [0.2, 0.25) is 0 Å². The maximum atomic E-state index is 5.54. The van der Waals surface area contributed by atoms with Crippen LogP contribution in [0.25, 0.3) is 21.5 Å². The summed E-state index contributed by atoms with van der Waals surface area (Å²) in [4.78, 5) is 0. The Bertz CT molecular complexity index is 738. The van der Waals surface area contributed by atoms with Crippen molar-refractivity contribution < 1.29 is 18.0 Å². The fourth-order valence-electron chi connectivity index (χ4n) is 2.74. The van der Waals surface area contributed by atoms with Gasteiger partial charge < -0.3 is 18.0 Å². The molecular formula is C21H28O4Si.